The van der Waals surface area contributed by atoms with Crippen LogP contribution in [0.15, 0.2) is 24.3 Å². The first kappa shape index (κ1) is 21.9. The second-order valence-electron chi connectivity index (χ2n) is 11.8. The van der Waals surface area contributed by atoms with Gasteiger partial charge < -0.3 is 15.3 Å². The third kappa shape index (κ3) is 4.61. The van der Waals surface area contributed by atoms with E-state index < -0.39 is 5.60 Å². The van der Waals surface area contributed by atoms with Crippen molar-refractivity contribution in [2.75, 3.05) is 26.2 Å². The monoisotopic (exact) mass is 423 g/mol. The van der Waals surface area contributed by atoms with Crippen LogP contribution in [0, 0.1) is 11.3 Å². The standard InChI is InChI=1S/C28H43N2O/c1-21(2)17-28(31)13-7-22(8-14-28)25-5-3-4-6-26(25)23-10-15-30(16-11-23)24-9-12-27(18-24)19-29-20-27/h3-6,22-24,29,31H,7-20H2,1-2H3/t22?,24-,28?/m1/s1. The number of piperidine rings is 1. The molecule has 2 saturated carbocycles. The van der Waals surface area contributed by atoms with Gasteiger partial charge in [0.15, 0.2) is 0 Å². The highest BCUT2D eigenvalue weighted by Gasteiger charge is 2.45. The van der Waals surface area contributed by atoms with Gasteiger partial charge in [0.05, 0.1) is 5.60 Å². The lowest BCUT2D eigenvalue weighted by Gasteiger charge is -2.42. The number of nitrogens with one attached hydrogen (secondary N) is 1. The highest BCUT2D eigenvalue weighted by Crippen LogP contribution is 2.46. The van der Waals surface area contributed by atoms with Crippen molar-refractivity contribution in [1.82, 2.24) is 10.2 Å². The molecule has 2 N–H and O–H groups in total. The average Bonchev–Trinajstić information content (AvgIpc) is 3.20. The molecule has 0 amide bonds. The van der Waals surface area contributed by atoms with E-state index in [0.717, 1.165) is 44.1 Å². The van der Waals surface area contributed by atoms with E-state index in [4.69, 9.17) is 0 Å². The predicted molar refractivity (Wildman–Crippen MR) is 128 cm³/mol. The SMILES string of the molecule is C[C](C)CC1(O)CCC(c2ccccc2C2CCN([C@@H]3CCC4(CNC4)C3)CC2)CC1. The summed E-state index contributed by atoms with van der Waals surface area (Å²) in [7, 11) is 0. The topological polar surface area (TPSA) is 35.5 Å². The molecule has 1 aromatic rings. The fraction of sp³-hybridized carbons (Fsp3) is 0.750. The molecule has 1 atom stereocenters. The summed E-state index contributed by atoms with van der Waals surface area (Å²) in [6.07, 6.45) is 12.0. The van der Waals surface area contributed by atoms with Crippen molar-refractivity contribution in [2.45, 2.75) is 102 Å². The van der Waals surface area contributed by atoms with Crippen LogP contribution in [0.25, 0.3) is 0 Å². The Morgan fingerprint density at radius 2 is 1.55 bits per heavy atom. The highest BCUT2D eigenvalue weighted by atomic mass is 16.3. The van der Waals surface area contributed by atoms with Gasteiger partial charge in [0, 0.05) is 19.1 Å². The van der Waals surface area contributed by atoms with Crippen molar-refractivity contribution < 1.29 is 5.11 Å². The van der Waals surface area contributed by atoms with Crippen molar-refractivity contribution in [3.63, 3.8) is 0 Å². The minimum atomic E-state index is -0.454. The van der Waals surface area contributed by atoms with Crippen molar-refractivity contribution in [3.05, 3.63) is 41.3 Å². The minimum absolute atomic E-state index is 0.454. The smallest absolute Gasteiger partial charge is 0.0653 e. The minimum Gasteiger partial charge on any atom is -0.390 e. The van der Waals surface area contributed by atoms with Crippen LogP contribution in [0.3, 0.4) is 0 Å². The highest BCUT2D eigenvalue weighted by molar-refractivity contribution is 5.34. The van der Waals surface area contributed by atoms with Crippen molar-refractivity contribution >= 4 is 0 Å². The zero-order chi connectivity index (χ0) is 21.5. The molecular formula is C28H43N2O. The van der Waals surface area contributed by atoms with Gasteiger partial charge in [-0.1, -0.05) is 38.1 Å². The lowest BCUT2D eigenvalue weighted by Crippen LogP contribution is -2.52. The maximum Gasteiger partial charge on any atom is 0.0653 e. The largest absolute Gasteiger partial charge is 0.390 e. The van der Waals surface area contributed by atoms with Crippen molar-refractivity contribution in [3.8, 4) is 0 Å². The molecular weight excluding hydrogens is 380 g/mol. The van der Waals surface area contributed by atoms with Gasteiger partial charge >= 0.3 is 0 Å². The normalized spacial score (nSPS) is 34.3. The summed E-state index contributed by atoms with van der Waals surface area (Å²) in [4.78, 5) is 2.83. The molecule has 3 nitrogen and oxygen atoms in total. The van der Waals surface area contributed by atoms with Crippen LogP contribution in [0.1, 0.15) is 101 Å². The van der Waals surface area contributed by atoms with Crippen LogP contribution >= 0.6 is 0 Å². The Morgan fingerprint density at radius 1 is 0.935 bits per heavy atom. The molecule has 2 heterocycles. The maximum atomic E-state index is 11.0. The lowest BCUT2D eigenvalue weighted by atomic mass is 9.71. The lowest BCUT2D eigenvalue weighted by molar-refractivity contribution is -0.00477. The van der Waals surface area contributed by atoms with Gasteiger partial charge in [-0.15, -0.1) is 0 Å². The number of hydrogen-bond donors (Lipinski definition) is 2. The Morgan fingerprint density at radius 3 is 2.06 bits per heavy atom. The quantitative estimate of drug-likeness (QED) is 0.665. The molecule has 2 saturated heterocycles. The summed E-state index contributed by atoms with van der Waals surface area (Å²) in [6.45, 7) is 9.40. The summed E-state index contributed by atoms with van der Waals surface area (Å²) in [6, 6.07) is 10.2. The van der Waals surface area contributed by atoms with Gasteiger partial charge in [-0.25, -0.2) is 0 Å². The van der Waals surface area contributed by atoms with E-state index in [9.17, 15) is 5.11 Å². The van der Waals surface area contributed by atoms with Crippen molar-refractivity contribution in [2.24, 2.45) is 5.41 Å². The van der Waals surface area contributed by atoms with Gasteiger partial charge in [0.2, 0.25) is 0 Å². The number of benzene rings is 1. The molecule has 4 aliphatic rings. The van der Waals surface area contributed by atoms with Gasteiger partial charge in [-0.2, -0.15) is 0 Å². The predicted octanol–water partition coefficient (Wildman–Crippen LogP) is 5.40. The van der Waals surface area contributed by atoms with Crippen LogP contribution in [-0.4, -0.2) is 47.8 Å². The first-order valence-corrected chi connectivity index (χ1v) is 13.0. The fourth-order valence-electron chi connectivity index (χ4n) is 7.42. The van der Waals surface area contributed by atoms with Gasteiger partial charge in [0.1, 0.15) is 0 Å². The summed E-state index contributed by atoms with van der Waals surface area (Å²) in [5.74, 6) is 2.71. The number of likely N-dealkylation sites (tertiary alicyclic amines) is 1. The van der Waals surface area contributed by atoms with Crippen LogP contribution < -0.4 is 5.32 Å². The second kappa shape index (κ2) is 8.80. The van der Waals surface area contributed by atoms with E-state index >= 15 is 0 Å². The number of hydrogen-bond acceptors (Lipinski definition) is 3. The molecule has 1 radical (unpaired) electrons. The third-order valence-corrected chi connectivity index (χ3v) is 9.20. The Balaban J connectivity index is 1.20. The van der Waals surface area contributed by atoms with E-state index in [1.807, 2.05) is 0 Å². The van der Waals surface area contributed by atoms with E-state index in [1.54, 1.807) is 11.1 Å². The second-order valence-corrected chi connectivity index (χ2v) is 11.8. The molecule has 4 fully saturated rings. The average molecular weight is 424 g/mol. The molecule has 2 aliphatic carbocycles. The molecule has 0 bridgehead atoms. The Kier molecular flexibility index (Phi) is 6.22. The molecule has 1 spiro atoms. The van der Waals surface area contributed by atoms with Crippen LogP contribution in [-0.2, 0) is 0 Å². The van der Waals surface area contributed by atoms with E-state index in [0.29, 0.717) is 11.3 Å². The molecule has 1 aromatic carbocycles. The molecule has 2 aliphatic heterocycles. The van der Waals surface area contributed by atoms with Gasteiger partial charge in [0.25, 0.3) is 0 Å². The molecule has 31 heavy (non-hydrogen) atoms. The summed E-state index contributed by atoms with van der Waals surface area (Å²) >= 11 is 0. The maximum absolute atomic E-state index is 11.0. The number of aliphatic hydroxyl groups is 1. The first-order chi connectivity index (χ1) is 15.0. The van der Waals surface area contributed by atoms with Gasteiger partial charge in [-0.3, -0.25) is 0 Å². The van der Waals surface area contributed by atoms with Crippen LogP contribution in [0.2, 0.25) is 0 Å². The Labute approximate surface area is 190 Å². The van der Waals surface area contributed by atoms with E-state index in [2.05, 4.69) is 48.3 Å². The van der Waals surface area contributed by atoms with Crippen LogP contribution in [0.4, 0.5) is 0 Å². The molecule has 0 unspecified atom stereocenters. The summed E-state index contributed by atoms with van der Waals surface area (Å²) in [5, 5.41) is 14.5. The fourth-order valence-corrected chi connectivity index (χ4v) is 7.42. The Hall–Kier alpha value is -0.900. The van der Waals surface area contributed by atoms with E-state index in [1.165, 1.54) is 64.2 Å². The zero-order valence-corrected chi connectivity index (χ0v) is 19.8. The summed E-state index contributed by atoms with van der Waals surface area (Å²) < 4.78 is 0. The molecule has 5 rings (SSSR count). The Bertz CT molecular complexity index is 739. The molecule has 3 heteroatoms. The molecule has 171 valence electrons. The number of rotatable bonds is 5. The third-order valence-electron chi connectivity index (χ3n) is 9.20. The molecule has 0 aromatic heterocycles. The van der Waals surface area contributed by atoms with Crippen molar-refractivity contribution in [1.29, 1.82) is 0 Å². The summed E-state index contributed by atoms with van der Waals surface area (Å²) in [5.41, 5.74) is 3.43. The van der Waals surface area contributed by atoms with Crippen LogP contribution in [0.5, 0.6) is 0 Å². The first-order valence-electron chi connectivity index (χ1n) is 13.0. The van der Waals surface area contributed by atoms with Gasteiger partial charge in [-0.05, 0) is 112 Å². The number of nitrogens with zero attached hydrogens (tertiary/aromatic N) is 1. The zero-order valence-electron chi connectivity index (χ0n) is 19.8. The van der Waals surface area contributed by atoms with E-state index in [-0.39, 0.29) is 0 Å².